The predicted molar refractivity (Wildman–Crippen MR) is 91.4 cm³/mol. The number of hydrogen-bond donors (Lipinski definition) is 1. The third kappa shape index (κ3) is 5.27. The second kappa shape index (κ2) is 8.59. The lowest BCUT2D eigenvalue weighted by atomic mass is 10.1. The highest BCUT2D eigenvalue weighted by Gasteiger charge is 2.18. The van der Waals surface area contributed by atoms with E-state index in [1.165, 1.54) is 17.9 Å². The summed E-state index contributed by atoms with van der Waals surface area (Å²) in [5.74, 6) is 0.340. The van der Waals surface area contributed by atoms with Crippen LogP contribution in [0.1, 0.15) is 29.0 Å². The number of methoxy groups -OCH3 is 1. The van der Waals surface area contributed by atoms with Crippen molar-refractivity contribution in [2.45, 2.75) is 19.9 Å². The molecule has 0 bridgehead atoms. The zero-order valence-corrected chi connectivity index (χ0v) is 15.0. The van der Waals surface area contributed by atoms with Crippen molar-refractivity contribution in [1.29, 1.82) is 0 Å². The Balaban J connectivity index is 2.04. The summed E-state index contributed by atoms with van der Waals surface area (Å²) < 4.78 is 10.1. The lowest BCUT2D eigenvalue weighted by Crippen LogP contribution is -2.26. The Labute approximate surface area is 150 Å². The zero-order valence-electron chi connectivity index (χ0n) is 14.2. The summed E-state index contributed by atoms with van der Waals surface area (Å²) in [7, 11) is 3.20. The lowest BCUT2D eigenvalue weighted by molar-refractivity contribution is -0.114. The number of amides is 2. The largest absolute Gasteiger partial charge is 0.384 e. The van der Waals surface area contributed by atoms with Crippen LogP contribution in [0.15, 0.2) is 22.7 Å². The monoisotopic (exact) mass is 366 g/mol. The normalized spacial score (nSPS) is 10.6. The number of aromatic nitrogens is 2. The summed E-state index contributed by atoms with van der Waals surface area (Å²) in [4.78, 5) is 29.2. The Morgan fingerprint density at radius 1 is 1.40 bits per heavy atom. The highest BCUT2D eigenvalue weighted by molar-refractivity contribution is 6.34. The first-order chi connectivity index (χ1) is 11.9. The summed E-state index contributed by atoms with van der Waals surface area (Å²) in [5.41, 5.74) is 0.841. The fourth-order valence-corrected chi connectivity index (χ4v) is 2.36. The van der Waals surface area contributed by atoms with Crippen LogP contribution < -0.4 is 5.32 Å². The topological polar surface area (TPSA) is 97.6 Å². The minimum absolute atomic E-state index is 0.155. The maximum absolute atomic E-state index is 12.5. The average Bonchev–Trinajstić information content (AvgIpc) is 2.99. The van der Waals surface area contributed by atoms with Crippen molar-refractivity contribution in [3.05, 3.63) is 40.5 Å². The average molecular weight is 367 g/mol. The number of rotatable bonds is 7. The minimum Gasteiger partial charge on any atom is -0.384 e. The van der Waals surface area contributed by atoms with Gasteiger partial charge in [0, 0.05) is 33.2 Å². The minimum atomic E-state index is -0.295. The van der Waals surface area contributed by atoms with Gasteiger partial charge in [-0.05, 0) is 18.2 Å². The Hall–Kier alpha value is -2.45. The van der Waals surface area contributed by atoms with Crippen molar-refractivity contribution in [1.82, 2.24) is 15.0 Å². The Morgan fingerprint density at radius 2 is 2.16 bits per heavy atom. The number of carbonyl (C=O) groups is 2. The van der Waals surface area contributed by atoms with Gasteiger partial charge in [0.25, 0.3) is 5.91 Å². The van der Waals surface area contributed by atoms with E-state index < -0.39 is 0 Å². The van der Waals surface area contributed by atoms with Crippen LogP contribution in [0.5, 0.6) is 0 Å². The number of nitrogens with zero attached hydrogens (tertiary/aromatic N) is 3. The molecule has 1 heterocycles. The summed E-state index contributed by atoms with van der Waals surface area (Å²) in [6, 6.07) is 4.70. The molecular weight excluding hydrogens is 348 g/mol. The summed E-state index contributed by atoms with van der Waals surface area (Å²) in [6.45, 7) is 2.04. The quantitative estimate of drug-likeness (QED) is 0.806. The van der Waals surface area contributed by atoms with Gasteiger partial charge in [0.2, 0.25) is 11.8 Å². The Morgan fingerprint density at radius 3 is 2.80 bits per heavy atom. The van der Waals surface area contributed by atoms with Crippen molar-refractivity contribution in [2.75, 3.05) is 26.1 Å². The van der Waals surface area contributed by atoms with E-state index in [2.05, 4.69) is 15.5 Å². The molecular formula is C16H19ClN4O4. The summed E-state index contributed by atoms with van der Waals surface area (Å²) >= 11 is 6.15. The fraction of sp³-hybridized carbons (Fsp3) is 0.375. The molecule has 1 aromatic heterocycles. The van der Waals surface area contributed by atoms with E-state index in [-0.39, 0.29) is 23.4 Å². The summed E-state index contributed by atoms with van der Waals surface area (Å²) in [6.07, 6.45) is 0.536. The van der Waals surface area contributed by atoms with Crippen LogP contribution in [0.4, 0.5) is 5.69 Å². The van der Waals surface area contributed by atoms with Gasteiger partial charge in [-0.25, -0.2) is 0 Å². The van der Waals surface area contributed by atoms with E-state index in [9.17, 15) is 9.59 Å². The van der Waals surface area contributed by atoms with Crippen molar-refractivity contribution in [3.8, 4) is 0 Å². The van der Waals surface area contributed by atoms with Gasteiger partial charge in [-0.1, -0.05) is 16.8 Å². The molecule has 0 saturated heterocycles. The second-order valence-corrected chi connectivity index (χ2v) is 5.79. The van der Waals surface area contributed by atoms with Crippen LogP contribution in [0.3, 0.4) is 0 Å². The Bertz CT molecular complexity index is 762. The van der Waals surface area contributed by atoms with Gasteiger partial charge in [0.05, 0.1) is 23.7 Å². The van der Waals surface area contributed by atoms with Crippen LogP contribution in [-0.2, 0) is 22.5 Å². The Kier molecular flexibility index (Phi) is 6.49. The first kappa shape index (κ1) is 18.9. The number of hydrogen-bond acceptors (Lipinski definition) is 6. The lowest BCUT2D eigenvalue weighted by Gasteiger charge is -2.16. The maximum Gasteiger partial charge on any atom is 0.255 e. The molecule has 9 heteroatoms. The van der Waals surface area contributed by atoms with Gasteiger partial charge in [0.15, 0.2) is 5.82 Å². The summed E-state index contributed by atoms with van der Waals surface area (Å²) in [5, 5.41) is 6.68. The van der Waals surface area contributed by atoms with E-state index in [1.54, 1.807) is 26.3 Å². The van der Waals surface area contributed by atoms with Crippen molar-refractivity contribution >= 4 is 29.1 Å². The molecule has 2 amide bonds. The standard InChI is InChI=1S/C16H19ClN4O4/c1-10(22)18-11-4-5-12(13(17)8-11)16(23)21(2)9-15-19-14(20-25-15)6-7-24-3/h4-5,8H,6-7,9H2,1-3H3,(H,18,22). The molecule has 0 fully saturated rings. The molecule has 8 nitrogen and oxygen atoms in total. The second-order valence-electron chi connectivity index (χ2n) is 5.38. The molecule has 0 unspecified atom stereocenters. The number of nitrogens with one attached hydrogen (secondary N) is 1. The van der Waals surface area contributed by atoms with E-state index in [4.69, 9.17) is 20.9 Å². The number of halogens is 1. The smallest absolute Gasteiger partial charge is 0.255 e. The molecule has 0 spiro atoms. The SMILES string of the molecule is COCCc1noc(CN(C)C(=O)c2ccc(NC(C)=O)cc2Cl)n1. The molecule has 2 aromatic rings. The molecule has 134 valence electrons. The van der Waals surface area contributed by atoms with E-state index in [0.29, 0.717) is 36.0 Å². The third-order valence-electron chi connectivity index (χ3n) is 3.28. The third-order valence-corrected chi connectivity index (χ3v) is 3.59. The van der Waals surface area contributed by atoms with Crippen LogP contribution in [0.2, 0.25) is 5.02 Å². The molecule has 0 atom stereocenters. The van der Waals surface area contributed by atoms with Gasteiger partial charge in [-0.2, -0.15) is 4.98 Å². The molecule has 0 aliphatic rings. The highest BCUT2D eigenvalue weighted by atomic mass is 35.5. The molecule has 1 aromatic carbocycles. The van der Waals surface area contributed by atoms with Crippen molar-refractivity contribution in [2.24, 2.45) is 0 Å². The number of anilines is 1. The van der Waals surface area contributed by atoms with Crippen molar-refractivity contribution < 1.29 is 18.8 Å². The first-order valence-electron chi connectivity index (χ1n) is 7.53. The molecule has 0 saturated carbocycles. The van der Waals surface area contributed by atoms with Crippen molar-refractivity contribution in [3.63, 3.8) is 0 Å². The van der Waals surface area contributed by atoms with Crippen LogP contribution in [0.25, 0.3) is 0 Å². The van der Waals surface area contributed by atoms with Gasteiger partial charge in [-0.3, -0.25) is 9.59 Å². The number of ether oxygens (including phenoxy) is 1. The van der Waals surface area contributed by atoms with E-state index >= 15 is 0 Å². The molecule has 25 heavy (non-hydrogen) atoms. The molecule has 0 radical (unpaired) electrons. The molecule has 1 N–H and O–H groups in total. The number of carbonyl (C=O) groups excluding carboxylic acids is 2. The first-order valence-corrected chi connectivity index (χ1v) is 7.91. The number of benzene rings is 1. The fourth-order valence-electron chi connectivity index (χ4n) is 2.10. The van der Waals surface area contributed by atoms with Gasteiger partial charge in [-0.15, -0.1) is 0 Å². The molecule has 0 aliphatic carbocycles. The predicted octanol–water partition coefficient (Wildman–Crippen LogP) is 2.14. The van der Waals surface area contributed by atoms with E-state index in [0.717, 1.165) is 0 Å². The van der Waals surface area contributed by atoms with Crippen LogP contribution in [0, 0.1) is 0 Å². The van der Waals surface area contributed by atoms with E-state index in [1.807, 2.05) is 0 Å². The molecule has 2 rings (SSSR count). The van der Waals surface area contributed by atoms with Gasteiger partial charge >= 0.3 is 0 Å². The highest BCUT2D eigenvalue weighted by Crippen LogP contribution is 2.22. The molecule has 0 aliphatic heterocycles. The van der Waals surface area contributed by atoms with Gasteiger partial charge < -0.3 is 19.5 Å². The zero-order chi connectivity index (χ0) is 18.4. The van der Waals surface area contributed by atoms with Crippen LogP contribution in [-0.4, -0.2) is 47.6 Å². The van der Waals surface area contributed by atoms with Crippen LogP contribution >= 0.6 is 11.6 Å². The maximum atomic E-state index is 12.5. The van der Waals surface area contributed by atoms with Gasteiger partial charge in [0.1, 0.15) is 0 Å².